The van der Waals surface area contributed by atoms with Crippen molar-refractivity contribution in [2.24, 2.45) is 0 Å². The Morgan fingerprint density at radius 2 is 0.311 bits per heavy atom. The standard InChI is InChI=1S/3C18H36O2.Rh/c3*1-2-3-4-5-6-7-8-9-10-11-12-13-14-15-16-17-18(19)20;/h3*2-17H2,1H3,(H,19,20);/q;;;+3/p-3. The van der Waals surface area contributed by atoms with Crippen LogP contribution in [0.25, 0.3) is 0 Å². The molecule has 0 fully saturated rings. The van der Waals surface area contributed by atoms with Crippen LogP contribution in [0.4, 0.5) is 0 Å². The Balaban J connectivity index is -0.000000396. The van der Waals surface area contributed by atoms with Crippen molar-refractivity contribution < 1.29 is 49.2 Å². The van der Waals surface area contributed by atoms with Gasteiger partial charge in [0.15, 0.2) is 0 Å². The molecule has 0 rings (SSSR count). The summed E-state index contributed by atoms with van der Waals surface area (Å²) >= 11 is 0. The van der Waals surface area contributed by atoms with Crippen molar-refractivity contribution in [2.45, 2.75) is 329 Å². The zero-order valence-electron chi connectivity index (χ0n) is 41.2. The fourth-order valence-electron chi connectivity index (χ4n) is 7.92. The van der Waals surface area contributed by atoms with Gasteiger partial charge in [-0.15, -0.1) is 0 Å². The van der Waals surface area contributed by atoms with E-state index in [4.69, 9.17) is 0 Å². The molecule has 0 spiro atoms. The van der Waals surface area contributed by atoms with Gasteiger partial charge in [-0.05, 0) is 38.5 Å². The monoisotopic (exact) mass is 953 g/mol. The average Bonchev–Trinajstić information content (AvgIpc) is 3.22. The maximum atomic E-state index is 10.2. The summed E-state index contributed by atoms with van der Waals surface area (Å²) in [5.41, 5.74) is 0. The minimum atomic E-state index is -0.903. The SMILES string of the molecule is CCCCCCCCCCCCCCCCCC(=O)[O-].CCCCCCCCCCCCCCCCCC(=O)[O-].CCCCCCCCCCCCCCCCCC(=O)[O-].[Rh+3]. The second kappa shape index (κ2) is 63.3. The summed E-state index contributed by atoms with van der Waals surface area (Å²) in [5, 5.41) is 30.7. The Kier molecular flexibility index (Phi) is 69.2. The van der Waals surface area contributed by atoms with Crippen molar-refractivity contribution in [3.63, 3.8) is 0 Å². The molecule has 0 N–H and O–H groups in total. The first-order valence-electron chi connectivity index (χ1n) is 26.9. The third-order valence-corrected chi connectivity index (χ3v) is 12.0. The van der Waals surface area contributed by atoms with Crippen LogP contribution in [0.1, 0.15) is 329 Å². The van der Waals surface area contributed by atoms with Crippen molar-refractivity contribution in [3.05, 3.63) is 0 Å². The molecule has 0 aliphatic rings. The molecule has 0 saturated heterocycles. The van der Waals surface area contributed by atoms with Crippen molar-refractivity contribution in [3.8, 4) is 0 Å². The molecule has 7 heteroatoms. The number of carboxylic acid groups (broad SMARTS) is 3. The van der Waals surface area contributed by atoms with E-state index < -0.39 is 17.9 Å². The molecule has 61 heavy (non-hydrogen) atoms. The maximum Gasteiger partial charge on any atom is 3.00 e. The molecule has 6 nitrogen and oxygen atoms in total. The van der Waals surface area contributed by atoms with Crippen molar-refractivity contribution >= 4 is 17.9 Å². The Labute approximate surface area is 394 Å². The zero-order chi connectivity index (χ0) is 44.7. The van der Waals surface area contributed by atoms with Crippen LogP contribution in [0, 0.1) is 0 Å². The van der Waals surface area contributed by atoms with Crippen molar-refractivity contribution in [1.82, 2.24) is 0 Å². The Morgan fingerprint density at radius 1 is 0.213 bits per heavy atom. The van der Waals surface area contributed by atoms with Crippen LogP contribution in [0.15, 0.2) is 0 Å². The second-order valence-corrected chi connectivity index (χ2v) is 18.2. The van der Waals surface area contributed by atoms with E-state index in [0.717, 1.165) is 38.5 Å². The fourth-order valence-corrected chi connectivity index (χ4v) is 7.92. The van der Waals surface area contributed by atoms with Gasteiger partial charge in [0.05, 0.1) is 0 Å². The zero-order valence-corrected chi connectivity index (χ0v) is 42.9. The van der Waals surface area contributed by atoms with E-state index in [2.05, 4.69) is 20.8 Å². The minimum Gasteiger partial charge on any atom is -0.550 e. The molecular weight excluding hydrogens is 847 g/mol. The predicted octanol–water partition coefficient (Wildman–Crippen LogP) is 15.0. The summed E-state index contributed by atoms with van der Waals surface area (Å²) < 4.78 is 0. The van der Waals surface area contributed by atoms with Crippen LogP contribution >= 0.6 is 0 Å². The third-order valence-electron chi connectivity index (χ3n) is 12.0. The van der Waals surface area contributed by atoms with E-state index >= 15 is 0 Å². The van der Waals surface area contributed by atoms with Crippen LogP contribution < -0.4 is 15.3 Å². The van der Waals surface area contributed by atoms with Gasteiger partial charge in [0.2, 0.25) is 0 Å². The second-order valence-electron chi connectivity index (χ2n) is 18.2. The molecule has 0 radical (unpaired) electrons. The van der Waals surface area contributed by atoms with E-state index in [1.54, 1.807) is 0 Å². The van der Waals surface area contributed by atoms with Gasteiger partial charge in [-0.2, -0.15) is 0 Å². The molecule has 0 aliphatic heterocycles. The average molecular weight is 953 g/mol. The van der Waals surface area contributed by atoms with Crippen LogP contribution in [0.5, 0.6) is 0 Å². The predicted molar refractivity (Wildman–Crippen MR) is 254 cm³/mol. The number of aliphatic carboxylic acids is 3. The number of unbranched alkanes of at least 4 members (excludes halogenated alkanes) is 42. The largest absolute Gasteiger partial charge is 3.00 e. The first-order chi connectivity index (χ1) is 29.3. The van der Waals surface area contributed by atoms with E-state index in [9.17, 15) is 29.7 Å². The molecule has 0 unspecified atom stereocenters. The molecule has 0 heterocycles. The topological polar surface area (TPSA) is 120 Å². The molecule has 366 valence electrons. The molecule has 0 bridgehead atoms. The first kappa shape index (κ1) is 66.6. The maximum absolute atomic E-state index is 10.2. The van der Waals surface area contributed by atoms with Gasteiger partial charge >= 0.3 is 19.5 Å². The quantitative estimate of drug-likeness (QED) is 0.0442. The van der Waals surface area contributed by atoms with Crippen LogP contribution in [-0.2, 0) is 33.9 Å². The van der Waals surface area contributed by atoms with Gasteiger partial charge in [0.1, 0.15) is 0 Å². The van der Waals surface area contributed by atoms with Gasteiger partial charge in [0, 0.05) is 17.9 Å². The fraction of sp³-hybridized carbons (Fsp3) is 0.944. The molecule has 0 aromatic rings. The molecule has 0 aliphatic carbocycles. The van der Waals surface area contributed by atoms with E-state index in [0.29, 0.717) is 0 Å². The summed E-state index contributed by atoms with van der Waals surface area (Å²) in [7, 11) is 0. The summed E-state index contributed by atoms with van der Waals surface area (Å²) in [4.78, 5) is 30.7. The number of rotatable bonds is 48. The summed E-state index contributed by atoms with van der Waals surface area (Å²) in [5.74, 6) is -2.71. The number of hydrogen-bond donors (Lipinski definition) is 0. The molecule has 0 aromatic carbocycles. The van der Waals surface area contributed by atoms with Gasteiger partial charge in [0.25, 0.3) is 0 Å². The van der Waals surface area contributed by atoms with Gasteiger partial charge in [-0.3, -0.25) is 0 Å². The van der Waals surface area contributed by atoms with E-state index in [1.165, 1.54) is 250 Å². The summed E-state index contributed by atoms with van der Waals surface area (Å²) in [6.45, 7) is 6.80. The van der Waals surface area contributed by atoms with Gasteiger partial charge in [-0.25, -0.2) is 0 Å². The number of hydrogen-bond acceptors (Lipinski definition) is 6. The smallest absolute Gasteiger partial charge is 0.550 e. The number of carboxylic acids is 3. The van der Waals surface area contributed by atoms with Crippen molar-refractivity contribution in [2.75, 3.05) is 0 Å². The third kappa shape index (κ3) is 76.7. The Hall–Kier alpha value is -0.967. The molecule has 0 aromatic heterocycles. The first-order valence-corrected chi connectivity index (χ1v) is 26.9. The Bertz CT molecular complexity index is 717. The number of carbonyl (C=O) groups is 3. The van der Waals surface area contributed by atoms with Crippen molar-refractivity contribution in [1.29, 1.82) is 0 Å². The normalized spacial score (nSPS) is 10.7. The van der Waals surface area contributed by atoms with Gasteiger partial charge < -0.3 is 29.7 Å². The van der Waals surface area contributed by atoms with Crippen LogP contribution in [-0.4, -0.2) is 17.9 Å². The van der Waals surface area contributed by atoms with Crippen LogP contribution in [0.3, 0.4) is 0 Å². The molecule has 0 atom stereocenters. The Morgan fingerprint density at radius 3 is 0.410 bits per heavy atom. The minimum absolute atomic E-state index is 0. The van der Waals surface area contributed by atoms with E-state index in [-0.39, 0.29) is 38.7 Å². The van der Waals surface area contributed by atoms with Crippen LogP contribution in [0.2, 0.25) is 0 Å². The molecule has 0 saturated carbocycles. The molecule has 0 amide bonds. The summed E-state index contributed by atoms with van der Waals surface area (Å²) in [6, 6.07) is 0. The van der Waals surface area contributed by atoms with Gasteiger partial charge in [-0.1, -0.05) is 290 Å². The summed E-state index contributed by atoms with van der Waals surface area (Å²) in [6.07, 6.45) is 59.6. The number of carbonyl (C=O) groups excluding carboxylic acids is 3. The van der Waals surface area contributed by atoms with E-state index in [1.807, 2.05) is 0 Å². The molecular formula is C54H105O6Rh.